The normalized spacial score (nSPS) is 14.9. The number of hydrogen-bond acceptors (Lipinski definition) is 4. The molecule has 1 saturated heterocycles. The quantitative estimate of drug-likeness (QED) is 0.743. The van der Waals surface area contributed by atoms with Gasteiger partial charge in [-0.15, -0.1) is 11.3 Å². The molecule has 1 fully saturated rings. The van der Waals surface area contributed by atoms with Crippen molar-refractivity contribution < 1.29 is 14.0 Å². The highest BCUT2D eigenvalue weighted by atomic mass is 32.1. The number of benzene rings is 1. The van der Waals surface area contributed by atoms with Crippen LogP contribution in [0.15, 0.2) is 64.6 Å². The predicted octanol–water partition coefficient (Wildman–Crippen LogP) is 4.04. The fourth-order valence-electron chi connectivity index (χ4n) is 3.36. The van der Waals surface area contributed by atoms with E-state index in [-0.39, 0.29) is 17.9 Å². The largest absolute Gasteiger partial charge is 0.459 e. The molecule has 5 nitrogen and oxygen atoms in total. The molecule has 1 aliphatic heterocycles. The minimum atomic E-state index is -0.0885. The summed E-state index contributed by atoms with van der Waals surface area (Å²) >= 11 is 1.46. The summed E-state index contributed by atoms with van der Waals surface area (Å²) in [5.41, 5.74) is 2.01. The van der Waals surface area contributed by atoms with Gasteiger partial charge in [0.25, 0.3) is 11.8 Å². The summed E-state index contributed by atoms with van der Waals surface area (Å²) in [6, 6.07) is 15.4. The van der Waals surface area contributed by atoms with E-state index >= 15 is 0 Å². The van der Waals surface area contributed by atoms with Crippen molar-refractivity contribution in [3.8, 4) is 11.1 Å². The van der Waals surface area contributed by atoms with Crippen LogP contribution in [0, 0.1) is 0 Å². The number of piperidine rings is 1. The minimum Gasteiger partial charge on any atom is -0.459 e. The van der Waals surface area contributed by atoms with Crippen LogP contribution < -0.4 is 5.32 Å². The minimum absolute atomic E-state index is 0.0420. The van der Waals surface area contributed by atoms with Gasteiger partial charge in [-0.2, -0.15) is 0 Å². The number of thiophene rings is 1. The van der Waals surface area contributed by atoms with Crippen LogP contribution in [0.1, 0.15) is 33.1 Å². The first-order valence-corrected chi connectivity index (χ1v) is 9.87. The van der Waals surface area contributed by atoms with E-state index in [0.29, 0.717) is 18.8 Å². The summed E-state index contributed by atoms with van der Waals surface area (Å²) in [5.74, 6) is 0.234. The average Bonchev–Trinajstić information content (AvgIpc) is 3.41. The number of carbonyl (C=O) groups is 2. The Bertz CT molecular complexity index is 910. The number of carbonyl (C=O) groups excluding carboxylic acids is 2. The SMILES string of the molecule is O=C(NC1CCN(C(=O)c2ccco2)CC1)c1sccc1-c1ccccc1. The molecule has 2 aromatic heterocycles. The number of nitrogens with zero attached hydrogens (tertiary/aromatic N) is 1. The Morgan fingerprint density at radius 1 is 1.04 bits per heavy atom. The third kappa shape index (κ3) is 3.80. The fourth-order valence-corrected chi connectivity index (χ4v) is 4.18. The van der Waals surface area contributed by atoms with Crippen LogP contribution in [0.25, 0.3) is 11.1 Å². The van der Waals surface area contributed by atoms with E-state index in [2.05, 4.69) is 5.32 Å². The number of rotatable bonds is 4. The van der Waals surface area contributed by atoms with Gasteiger partial charge in [0.1, 0.15) is 0 Å². The van der Waals surface area contributed by atoms with Gasteiger partial charge >= 0.3 is 0 Å². The Morgan fingerprint density at radius 3 is 2.52 bits per heavy atom. The van der Waals surface area contributed by atoms with E-state index in [9.17, 15) is 9.59 Å². The molecule has 3 heterocycles. The smallest absolute Gasteiger partial charge is 0.289 e. The Hall–Kier alpha value is -2.86. The van der Waals surface area contributed by atoms with Gasteiger partial charge in [0.05, 0.1) is 11.1 Å². The molecule has 1 aliphatic rings. The van der Waals surface area contributed by atoms with Gasteiger partial charge in [-0.05, 0) is 42.0 Å². The predicted molar refractivity (Wildman–Crippen MR) is 105 cm³/mol. The molecule has 0 radical (unpaired) electrons. The molecular weight excluding hydrogens is 360 g/mol. The number of nitrogens with one attached hydrogen (secondary N) is 1. The third-order valence-corrected chi connectivity index (χ3v) is 5.72. The van der Waals surface area contributed by atoms with Gasteiger partial charge in [-0.25, -0.2) is 0 Å². The van der Waals surface area contributed by atoms with Crippen molar-refractivity contribution in [3.63, 3.8) is 0 Å². The molecule has 4 rings (SSSR count). The standard InChI is InChI=1S/C21H20N2O3S/c24-20(19-17(10-14-27-19)15-5-2-1-3-6-15)22-16-8-11-23(12-9-16)21(25)18-7-4-13-26-18/h1-7,10,13-14,16H,8-9,11-12H2,(H,22,24). The van der Waals surface area contributed by atoms with E-state index < -0.39 is 0 Å². The first-order valence-electron chi connectivity index (χ1n) is 8.99. The van der Waals surface area contributed by atoms with Crippen molar-refractivity contribution in [1.82, 2.24) is 10.2 Å². The zero-order valence-electron chi connectivity index (χ0n) is 14.8. The summed E-state index contributed by atoms with van der Waals surface area (Å²) < 4.78 is 5.18. The van der Waals surface area contributed by atoms with E-state index in [1.165, 1.54) is 17.6 Å². The Morgan fingerprint density at radius 2 is 1.81 bits per heavy atom. The highest BCUT2D eigenvalue weighted by molar-refractivity contribution is 7.12. The Labute approximate surface area is 161 Å². The van der Waals surface area contributed by atoms with Crippen molar-refractivity contribution in [2.75, 3.05) is 13.1 Å². The number of likely N-dealkylation sites (tertiary alicyclic amines) is 1. The van der Waals surface area contributed by atoms with Crippen molar-refractivity contribution in [1.29, 1.82) is 0 Å². The molecule has 1 N–H and O–H groups in total. The second-order valence-electron chi connectivity index (χ2n) is 6.55. The molecule has 1 aromatic carbocycles. The summed E-state index contributed by atoms with van der Waals surface area (Å²) in [5, 5.41) is 5.08. The zero-order chi connectivity index (χ0) is 18.6. The van der Waals surface area contributed by atoms with Crippen LogP contribution in [0.4, 0.5) is 0 Å². The first kappa shape index (κ1) is 17.5. The molecular formula is C21H20N2O3S. The molecule has 0 atom stereocenters. The zero-order valence-corrected chi connectivity index (χ0v) is 15.6. The summed E-state index contributed by atoms with van der Waals surface area (Å²) in [6.07, 6.45) is 2.99. The number of furan rings is 1. The van der Waals surface area contributed by atoms with Crippen molar-refractivity contribution >= 4 is 23.2 Å². The van der Waals surface area contributed by atoms with E-state index in [1.54, 1.807) is 17.0 Å². The lowest BCUT2D eigenvalue weighted by atomic mass is 10.0. The van der Waals surface area contributed by atoms with Crippen LogP contribution in [-0.4, -0.2) is 35.8 Å². The fraction of sp³-hybridized carbons (Fsp3) is 0.238. The summed E-state index contributed by atoms with van der Waals surface area (Å²) in [7, 11) is 0. The van der Waals surface area contributed by atoms with Crippen LogP contribution in [0.2, 0.25) is 0 Å². The highest BCUT2D eigenvalue weighted by Crippen LogP contribution is 2.28. The average molecular weight is 380 g/mol. The molecule has 0 spiro atoms. The lowest BCUT2D eigenvalue weighted by Gasteiger charge is -2.31. The molecule has 0 saturated carbocycles. The van der Waals surface area contributed by atoms with E-state index in [4.69, 9.17) is 4.42 Å². The maximum atomic E-state index is 12.8. The molecule has 0 bridgehead atoms. The van der Waals surface area contributed by atoms with Gasteiger partial charge in [0.15, 0.2) is 5.76 Å². The molecule has 0 unspecified atom stereocenters. The molecule has 0 aliphatic carbocycles. The second-order valence-corrected chi connectivity index (χ2v) is 7.46. The molecule has 138 valence electrons. The van der Waals surface area contributed by atoms with Gasteiger partial charge in [0.2, 0.25) is 0 Å². The Balaban J connectivity index is 1.37. The van der Waals surface area contributed by atoms with Gasteiger partial charge in [-0.3, -0.25) is 9.59 Å². The lowest BCUT2D eigenvalue weighted by molar-refractivity contribution is 0.0667. The van der Waals surface area contributed by atoms with E-state index in [1.807, 2.05) is 41.8 Å². The summed E-state index contributed by atoms with van der Waals surface area (Å²) in [6.45, 7) is 1.22. The Kier molecular flexibility index (Phi) is 5.07. The van der Waals surface area contributed by atoms with Crippen molar-refractivity contribution in [3.05, 3.63) is 70.8 Å². The summed E-state index contributed by atoms with van der Waals surface area (Å²) in [4.78, 5) is 27.6. The highest BCUT2D eigenvalue weighted by Gasteiger charge is 2.26. The van der Waals surface area contributed by atoms with Crippen LogP contribution in [-0.2, 0) is 0 Å². The topological polar surface area (TPSA) is 62.6 Å². The van der Waals surface area contributed by atoms with Gasteiger partial charge in [-0.1, -0.05) is 30.3 Å². The van der Waals surface area contributed by atoms with Crippen molar-refractivity contribution in [2.24, 2.45) is 0 Å². The maximum Gasteiger partial charge on any atom is 0.289 e. The number of hydrogen-bond donors (Lipinski definition) is 1. The lowest BCUT2D eigenvalue weighted by Crippen LogP contribution is -2.46. The molecule has 6 heteroatoms. The first-order chi connectivity index (χ1) is 13.2. The molecule has 27 heavy (non-hydrogen) atoms. The van der Waals surface area contributed by atoms with Crippen LogP contribution in [0.3, 0.4) is 0 Å². The van der Waals surface area contributed by atoms with Crippen molar-refractivity contribution in [2.45, 2.75) is 18.9 Å². The van der Waals surface area contributed by atoms with E-state index in [0.717, 1.165) is 28.8 Å². The monoisotopic (exact) mass is 380 g/mol. The molecule has 2 amide bonds. The van der Waals surface area contributed by atoms with Crippen LogP contribution in [0.5, 0.6) is 0 Å². The van der Waals surface area contributed by atoms with Crippen LogP contribution >= 0.6 is 11.3 Å². The third-order valence-electron chi connectivity index (χ3n) is 4.81. The maximum absolute atomic E-state index is 12.8. The number of amides is 2. The van der Waals surface area contributed by atoms with Gasteiger partial charge in [0, 0.05) is 24.7 Å². The second kappa shape index (κ2) is 7.80. The molecule has 3 aromatic rings. The van der Waals surface area contributed by atoms with Gasteiger partial charge < -0.3 is 14.6 Å².